The van der Waals surface area contributed by atoms with E-state index >= 15 is 0 Å². The molecule has 7 heteroatoms. The summed E-state index contributed by atoms with van der Waals surface area (Å²) >= 11 is 0. The molecule has 22 heavy (non-hydrogen) atoms. The zero-order chi connectivity index (χ0) is 15.8. The molecule has 0 radical (unpaired) electrons. The van der Waals surface area contributed by atoms with Crippen LogP contribution in [0.25, 0.3) is 5.65 Å². The van der Waals surface area contributed by atoms with E-state index in [1.165, 1.54) is 47.6 Å². The number of hydrogen-bond donors (Lipinski definition) is 1. The van der Waals surface area contributed by atoms with Crippen LogP contribution in [0.4, 0.5) is 0 Å². The predicted molar refractivity (Wildman–Crippen MR) is 85.7 cm³/mol. The Morgan fingerprint density at radius 2 is 1.68 bits per heavy atom. The zero-order valence-corrected chi connectivity index (χ0v) is 13.4. The van der Waals surface area contributed by atoms with Crippen molar-refractivity contribution in [2.75, 3.05) is 6.54 Å². The van der Waals surface area contributed by atoms with E-state index in [0.29, 0.717) is 5.65 Å². The minimum absolute atomic E-state index is 0.207. The van der Waals surface area contributed by atoms with Crippen LogP contribution in [0, 0.1) is 0 Å². The zero-order valence-electron chi connectivity index (χ0n) is 13.4. The second-order valence-electron chi connectivity index (χ2n) is 5.75. The molecule has 7 nitrogen and oxygen atoms in total. The third kappa shape index (κ3) is 4.37. The number of nitrogens with zero attached hydrogens (tertiary/aromatic N) is 5. The van der Waals surface area contributed by atoms with Crippen molar-refractivity contribution in [3.05, 3.63) is 22.5 Å². The average Bonchev–Trinajstić information content (AvgIpc) is 2.93. The minimum atomic E-state index is -0.207. The molecule has 0 spiro atoms. The molecule has 2 aromatic heterocycles. The molecule has 2 N–H and O–H groups in total. The van der Waals surface area contributed by atoms with Crippen LogP contribution in [0.2, 0.25) is 0 Å². The van der Waals surface area contributed by atoms with E-state index < -0.39 is 0 Å². The smallest absolute Gasteiger partial charge is 0.330 e. The third-order valence-corrected chi connectivity index (χ3v) is 3.94. The molecular formula is C15H26N6O. The van der Waals surface area contributed by atoms with E-state index in [9.17, 15) is 4.79 Å². The number of nitrogens with two attached hydrogens (primary N) is 1. The molecule has 2 heterocycles. The lowest BCUT2D eigenvalue weighted by Crippen LogP contribution is -2.27. The van der Waals surface area contributed by atoms with Gasteiger partial charge < -0.3 is 5.73 Å². The Morgan fingerprint density at radius 1 is 1.05 bits per heavy atom. The summed E-state index contributed by atoms with van der Waals surface area (Å²) in [4.78, 5) is 16.1. The first-order valence-corrected chi connectivity index (χ1v) is 8.20. The van der Waals surface area contributed by atoms with Gasteiger partial charge in [-0.3, -0.25) is 0 Å². The van der Waals surface area contributed by atoms with Crippen molar-refractivity contribution in [1.29, 1.82) is 0 Å². The van der Waals surface area contributed by atoms with Gasteiger partial charge in [-0.25, -0.2) is 14.2 Å². The highest BCUT2D eigenvalue weighted by Crippen LogP contribution is 2.12. The van der Waals surface area contributed by atoms with E-state index in [4.69, 9.17) is 5.73 Å². The summed E-state index contributed by atoms with van der Waals surface area (Å²) in [6.07, 6.45) is 12.2. The first-order chi connectivity index (χ1) is 10.7. The van der Waals surface area contributed by atoms with Crippen molar-refractivity contribution < 1.29 is 0 Å². The van der Waals surface area contributed by atoms with Crippen LogP contribution < -0.4 is 11.4 Å². The van der Waals surface area contributed by atoms with Crippen molar-refractivity contribution >= 4 is 5.65 Å². The highest BCUT2D eigenvalue weighted by Gasteiger charge is 2.09. The van der Waals surface area contributed by atoms with Crippen molar-refractivity contribution in [2.24, 2.45) is 12.8 Å². The summed E-state index contributed by atoms with van der Waals surface area (Å²) in [5, 5.41) is 7.88. The van der Waals surface area contributed by atoms with Crippen LogP contribution in [0.1, 0.15) is 57.1 Å². The Kier molecular flexibility index (Phi) is 6.51. The molecule has 0 aromatic carbocycles. The molecule has 0 aliphatic carbocycles. The molecule has 2 rings (SSSR count). The van der Waals surface area contributed by atoms with Gasteiger partial charge in [0.2, 0.25) is 0 Å². The van der Waals surface area contributed by atoms with E-state index in [1.807, 2.05) is 0 Å². The number of rotatable bonds is 10. The summed E-state index contributed by atoms with van der Waals surface area (Å²) in [6.45, 7) is 0.810. The molecule has 0 aliphatic rings. The molecule has 0 bridgehead atoms. The summed E-state index contributed by atoms with van der Waals surface area (Å²) in [7, 11) is 1.59. The highest BCUT2D eigenvalue weighted by molar-refractivity contribution is 5.41. The lowest BCUT2D eigenvalue weighted by molar-refractivity contribution is 0.568. The van der Waals surface area contributed by atoms with Gasteiger partial charge in [0.15, 0.2) is 5.65 Å². The molecule has 0 amide bonds. The topological polar surface area (TPSA) is 91.1 Å². The number of imidazole rings is 1. The third-order valence-electron chi connectivity index (χ3n) is 3.94. The maximum atomic E-state index is 11.8. The quantitative estimate of drug-likeness (QED) is 0.671. The summed E-state index contributed by atoms with van der Waals surface area (Å²) < 4.78 is 2.67. The minimum Gasteiger partial charge on any atom is -0.330 e. The monoisotopic (exact) mass is 306 g/mol. The fraction of sp³-hybridized carbons (Fsp3) is 0.733. The normalized spacial score (nSPS) is 11.4. The van der Waals surface area contributed by atoms with Crippen LogP contribution in [0.5, 0.6) is 0 Å². The lowest BCUT2D eigenvalue weighted by Gasteiger charge is -2.01. The Hall–Kier alpha value is -1.76. The molecule has 0 unspecified atom stereocenters. The Bertz CT molecular complexity index is 632. The Labute approximate surface area is 130 Å². The number of unbranched alkanes of at least 4 members (excludes halogenated alkanes) is 7. The van der Waals surface area contributed by atoms with Gasteiger partial charge in [0, 0.05) is 7.05 Å². The lowest BCUT2D eigenvalue weighted by atomic mass is 10.1. The van der Waals surface area contributed by atoms with Crippen molar-refractivity contribution in [1.82, 2.24) is 24.4 Å². The summed E-state index contributed by atoms with van der Waals surface area (Å²) in [6, 6.07) is 0. The van der Waals surface area contributed by atoms with Crippen LogP contribution in [0.15, 0.2) is 11.1 Å². The molecule has 0 saturated heterocycles. The Balaban J connectivity index is 1.70. The molecule has 0 atom stereocenters. The SMILES string of the molecule is Cn1nnc2c(CCCCCCCCCCN)ncn2c1=O. The van der Waals surface area contributed by atoms with Crippen molar-refractivity contribution in [3.63, 3.8) is 0 Å². The first kappa shape index (κ1) is 16.6. The summed E-state index contributed by atoms with van der Waals surface area (Å²) in [5.74, 6) is 0. The molecule has 0 fully saturated rings. The van der Waals surface area contributed by atoms with E-state index in [1.54, 1.807) is 13.4 Å². The molecule has 2 aromatic rings. The maximum Gasteiger partial charge on any atom is 0.352 e. The fourth-order valence-corrected chi connectivity index (χ4v) is 2.60. The second-order valence-corrected chi connectivity index (χ2v) is 5.75. The number of fused-ring (bicyclic) bond motifs is 1. The van der Waals surface area contributed by atoms with Crippen LogP contribution in [0.3, 0.4) is 0 Å². The van der Waals surface area contributed by atoms with Crippen LogP contribution >= 0.6 is 0 Å². The molecule has 0 aliphatic heterocycles. The van der Waals surface area contributed by atoms with Gasteiger partial charge >= 0.3 is 5.69 Å². The summed E-state index contributed by atoms with van der Waals surface area (Å²) in [5.41, 5.74) is 6.72. The Morgan fingerprint density at radius 3 is 2.36 bits per heavy atom. The maximum absolute atomic E-state index is 11.8. The number of hydrogen-bond acceptors (Lipinski definition) is 5. The predicted octanol–water partition coefficient (Wildman–Crippen LogP) is 1.45. The van der Waals surface area contributed by atoms with Crippen molar-refractivity contribution in [3.8, 4) is 0 Å². The average molecular weight is 306 g/mol. The van der Waals surface area contributed by atoms with E-state index in [0.717, 1.165) is 31.5 Å². The van der Waals surface area contributed by atoms with Gasteiger partial charge in [-0.2, -0.15) is 4.68 Å². The molecule has 0 saturated carbocycles. The van der Waals surface area contributed by atoms with Gasteiger partial charge in [0.1, 0.15) is 6.33 Å². The standard InChI is InChI=1S/C15H26N6O/c1-20-15(22)21-12-17-13(14(21)18-19-20)10-8-6-4-2-3-5-7-9-11-16/h12H,2-11,16H2,1H3. The fourth-order valence-electron chi connectivity index (χ4n) is 2.60. The second kappa shape index (κ2) is 8.63. The van der Waals surface area contributed by atoms with E-state index in [-0.39, 0.29) is 5.69 Å². The van der Waals surface area contributed by atoms with Crippen LogP contribution in [-0.4, -0.2) is 30.9 Å². The van der Waals surface area contributed by atoms with Gasteiger partial charge in [0.05, 0.1) is 5.69 Å². The van der Waals surface area contributed by atoms with Crippen molar-refractivity contribution in [2.45, 2.75) is 57.8 Å². The van der Waals surface area contributed by atoms with Crippen LogP contribution in [-0.2, 0) is 13.5 Å². The number of aromatic nitrogens is 5. The van der Waals surface area contributed by atoms with Gasteiger partial charge in [0.25, 0.3) is 0 Å². The number of aryl methyl sites for hydroxylation is 2. The van der Waals surface area contributed by atoms with Gasteiger partial charge in [-0.15, -0.1) is 5.10 Å². The van der Waals surface area contributed by atoms with Gasteiger partial charge in [-0.05, 0) is 25.8 Å². The highest BCUT2D eigenvalue weighted by atomic mass is 16.2. The van der Waals surface area contributed by atoms with E-state index in [2.05, 4.69) is 15.3 Å². The molecule has 122 valence electrons. The largest absolute Gasteiger partial charge is 0.352 e. The molecular weight excluding hydrogens is 280 g/mol. The van der Waals surface area contributed by atoms with Gasteiger partial charge in [-0.1, -0.05) is 43.7 Å². The first-order valence-electron chi connectivity index (χ1n) is 8.20.